The van der Waals surface area contributed by atoms with Crippen LogP contribution in [0.2, 0.25) is 0 Å². The molecule has 0 radical (unpaired) electrons. The van der Waals surface area contributed by atoms with E-state index in [9.17, 15) is 4.39 Å². The standard InChI is InChI=1S/C10H11FN2/c1-3-6-13(2)10-5-4-8(12)7-9(10)11/h1,4-5,7H,6,12H2,2H3. The Morgan fingerprint density at radius 1 is 1.62 bits per heavy atom. The largest absolute Gasteiger partial charge is 0.399 e. The quantitative estimate of drug-likeness (QED) is 0.549. The Labute approximate surface area is 77.2 Å². The fraction of sp³-hybridized carbons (Fsp3) is 0.200. The zero-order valence-corrected chi connectivity index (χ0v) is 7.42. The van der Waals surface area contributed by atoms with Gasteiger partial charge in [0.2, 0.25) is 0 Å². The molecule has 0 atom stereocenters. The van der Waals surface area contributed by atoms with Gasteiger partial charge in [-0.3, -0.25) is 0 Å². The van der Waals surface area contributed by atoms with E-state index in [-0.39, 0.29) is 5.82 Å². The summed E-state index contributed by atoms with van der Waals surface area (Å²) in [6.07, 6.45) is 5.11. The van der Waals surface area contributed by atoms with E-state index in [2.05, 4.69) is 5.92 Å². The van der Waals surface area contributed by atoms with Gasteiger partial charge >= 0.3 is 0 Å². The minimum Gasteiger partial charge on any atom is -0.399 e. The summed E-state index contributed by atoms with van der Waals surface area (Å²) in [6.45, 7) is 0.376. The Hall–Kier alpha value is -1.69. The Morgan fingerprint density at radius 3 is 2.85 bits per heavy atom. The maximum atomic E-state index is 13.2. The summed E-state index contributed by atoms with van der Waals surface area (Å²) in [7, 11) is 1.73. The number of benzene rings is 1. The van der Waals surface area contributed by atoms with E-state index in [0.29, 0.717) is 17.9 Å². The first-order valence-corrected chi connectivity index (χ1v) is 3.84. The number of hydrogen-bond acceptors (Lipinski definition) is 2. The van der Waals surface area contributed by atoms with Crippen LogP contribution < -0.4 is 10.6 Å². The molecule has 0 saturated carbocycles. The van der Waals surface area contributed by atoms with E-state index in [1.165, 1.54) is 6.07 Å². The second-order valence-corrected chi connectivity index (χ2v) is 2.77. The second-order valence-electron chi connectivity index (χ2n) is 2.77. The third-order valence-electron chi connectivity index (χ3n) is 1.71. The Kier molecular flexibility index (Phi) is 2.76. The highest BCUT2D eigenvalue weighted by molar-refractivity contribution is 5.54. The van der Waals surface area contributed by atoms with E-state index < -0.39 is 0 Å². The first kappa shape index (κ1) is 9.40. The van der Waals surface area contributed by atoms with Crippen LogP contribution >= 0.6 is 0 Å². The molecule has 0 amide bonds. The highest BCUT2D eigenvalue weighted by Gasteiger charge is 2.05. The molecule has 0 saturated heterocycles. The second kappa shape index (κ2) is 3.81. The van der Waals surface area contributed by atoms with Crippen LogP contribution in [0.15, 0.2) is 18.2 Å². The van der Waals surface area contributed by atoms with Gasteiger partial charge in [0, 0.05) is 12.7 Å². The van der Waals surface area contributed by atoms with Gasteiger partial charge in [-0.05, 0) is 18.2 Å². The van der Waals surface area contributed by atoms with Crippen LogP contribution in [0.1, 0.15) is 0 Å². The summed E-state index contributed by atoms with van der Waals surface area (Å²) in [5, 5.41) is 0. The predicted octanol–water partition coefficient (Wildman–Crippen LogP) is 1.48. The van der Waals surface area contributed by atoms with Crippen molar-refractivity contribution in [2.45, 2.75) is 0 Å². The van der Waals surface area contributed by atoms with Gasteiger partial charge in [-0.15, -0.1) is 6.42 Å². The normalized spacial score (nSPS) is 9.31. The van der Waals surface area contributed by atoms with E-state index in [1.807, 2.05) is 0 Å². The van der Waals surface area contributed by atoms with Gasteiger partial charge in [-0.1, -0.05) is 5.92 Å². The maximum Gasteiger partial charge on any atom is 0.148 e. The average Bonchev–Trinajstić information content (AvgIpc) is 2.04. The lowest BCUT2D eigenvalue weighted by molar-refractivity contribution is 0.625. The Bertz CT molecular complexity index is 341. The third kappa shape index (κ3) is 2.12. The first-order valence-electron chi connectivity index (χ1n) is 3.84. The monoisotopic (exact) mass is 178 g/mol. The summed E-state index contributed by atoms with van der Waals surface area (Å²) in [5.41, 5.74) is 6.28. The van der Waals surface area contributed by atoms with Crippen LogP contribution in [0.3, 0.4) is 0 Å². The van der Waals surface area contributed by atoms with Crippen LogP contribution in [0.5, 0.6) is 0 Å². The molecule has 1 aromatic rings. The number of nitrogens with two attached hydrogens (primary N) is 1. The number of terminal acetylenes is 1. The molecule has 0 heterocycles. The zero-order valence-electron chi connectivity index (χ0n) is 7.42. The molecular formula is C10H11FN2. The molecule has 13 heavy (non-hydrogen) atoms. The summed E-state index contributed by atoms with van der Waals surface area (Å²) in [4.78, 5) is 1.65. The lowest BCUT2D eigenvalue weighted by atomic mass is 10.2. The van der Waals surface area contributed by atoms with E-state index >= 15 is 0 Å². The lowest BCUT2D eigenvalue weighted by Gasteiger charge is -2.16. The predicted molar refractivity (Wildman–Crippen MR) is 52.9 cm³/mol. The lowest BCUT2D eigenvalue weighted by Crippen LogP contribution is -2.18. The van der Waals surface area contributed by atoms with Crippen molar-refractivity contribution in [1.82, 2.24) is 0 Å². The van der Waals surface area contributed by atoms with Crippen molar-refractivity contribution < 1.29 is 4.39 Å². The summed E-state index contributed by atoms with van der Waals surface area (Å²) < 4.78 is 13.2. The molecule has 2 nitrogen and oxygen atoms in total. The maximum absolute atomic E-state index is 13.2. The van der Waals surface area contributed by atoms with Gasteiger partial charge in [0.1, 0.15) is 5.82 Å². The van der Waals surface area contributed by atoms with Crippen molar-refractivity contribution in [3.05, 3.63) is 24.0 Å². The molecule has 0 spiro atoms. The van der Waals surface area contributed by atoms with Gasteiger partial charge < -0.3 is 10.6 Å². The van der Waals surface area contributed by atoms with Crippen LogP contribution in [0, 0.1) is 18.2 Å². The fourth-order valence-electron chi connectivity index (χ4n) is 1.05. The van der Waals surface area contributed by atoms with Crippen molar-refractivity contribution in [2.75, 3.05) is 24.2 Å². The molecule has 2 N–H and O–H groups in total. The molecule has 0 fully saturated rings. The summed E-state index contributed by atoms with van der Waals surface area (Å²) in [6, 6.07) is 4.54. The van der Waals surface area contributed by atoms with Crippen molar-refractivity contribution in [3.8, 4) is 12.3 Å². The molecule has 0 bridgehead atoms. The molecule has 3 heteroatoms. The highest BCUT2D eigenvalue weighted by atomic mass is 19.1. The molecule has 0 aliphatic carbocycles. The Balaban J connectivity index is 2.96. The molecule has 1 rings (SSSR count). The van der Waals surface area contributed by atoms with Crippen molar-refractivity contribution in [3.63, 3.8) is 0 Å². The van der Waals surface area contributed by atoms with E-state index in [1.54, 1.807) is 24.1 Å². The number of rotatable bonds is 2. The van der Waals surface area contributed by atoms with Crippen LogP contribution in [-0.2, 0) is 0 Å². The topological polar surface area (TPSA) is 29.3 Å². The van der Waals surface area contributed by atoms with Crippen molar-refractivity contribution >= 4 is 11.4 Å². The molecule has 0 aromatic heterocycles. The minimum atomic E-state index is -0.349. The average molecular weight is 178 g/mol. The summed E-state index contributed by atoms with van der Waals surface area (Å²) in [5.74, 6) is 2.09. The van der Waals surface area contributed by atoms with Gasteiger partial charge in [-0.25, -0.2) is 4.39 Å². The SMILES string of the molecule is C#CCN(C)c1ccc(N)cc1F. The molecule has 0 aliphatic rings. The van der Waals surface area contributed by atoms with Gasteiger partial charge in [0.25, 0.3) is 0 Å². The fourth-order valence-corrected chi connectivity index (χ4v) is 1.05. The van der Waals surface area contributed by atoms with Crippen molar-refractivity contribution in [1.29, 1.82) is 0 Å². The first-order chi connectivity index (χ1) is 6.15. The number of anilines is 2. The third-order valence-corrected chi connectivity index (χ3v) is 1.71. The van der Waals surface area contributed by atoms with Crippen LogP contribution in [0.4, 0.5) is 15.8 Å². The van der Waals surface area contributed by atoms with Gasteiger partial charge in [0.15, 0.2) is 0 Å². The molecule has 1 aromatic carbocycles. The number of hydrogen-bond donors (Lipinski definition) is 1. The van der Waals surface area contributed by atoms with Crippen molar-refractivity contribution in [2.24, 2.45) is 0 Å². The minimum absolute atomic E-state index is 0.349. The highest BCUT2D eigenvalue weighted by Crippen LogP contribution is 2.19. The van der Waals surface area contributed by atoms with Gasteiger partial charge in [0.05, 0.1) is 12.2 Å². The zero-order chi connectivity index (χ0) is 9.84. The van der Waals surface area contributed by atoms with E-state index in [4.69, 9.17) is 12.2 Å². The Morgan fingerprint density at radius 2 is 2.31 bits per heavy atom. The smallest absolute Gasteiger partial charge is 0.148 e. The molecule has 68 valence electrons. The number of nitrogens with zero attached hydrogens (tertiary/aromatic N) is 1. The molecular weight excluding hydrogens is 167 g/mol. The van der Waals surface area contributed by atoms with Crippen LogP contribution in [0.25, 0.3) is 0 Å². The summed E-state index contributed by atoms with van der Waals surface area (Å²) >= 11 is 0. The molecule has 0 aliphatic heterocycles. The number of nitrogen functional groups attached to an aromatic ring is 1. The molecule has 0 unspecified atom stereocenters. The van der Waals surface area contributed by atoms with E-state index in [0.717, 1.165) is 0 Å². The van der Waals surface area contributed by atoms with Crippen LogP contribution in [-0.4, -0.2) is 13.6 Å². The number of halogens is 1. The van der Waals surface area contributed by atoms with Gasteiger partial charge in [-0.2, -0.15) is 0 Å².